The van der Waals surface area contributed by atoms with Gasteiger partial charge in [0.15, 0.2) is 0 Å². The third kappa shape index (κ3) is 7.18. The van der Waals surface area contributed by atoms with Gasteiger partial charge in [-0.1, -0.05) is 13.8 Å². The molecule has 8 heteroatoms. The fourth-order valence-corrected chi connectivity index (χ4v) is 4.41. The summed E-state index contributed by atoms with van der Waals surface area (Å²) in [6, 6.07) is 12.6. The predicted octanol–water partition coefficient (Wildman–Crippen LogP) is 4.39. The van der Waals surface area contributed by atoms with Crippen molar-refractivity contribution in [3.8, 4) is 0 Å². The third-order valence-corrected chi connectivity index (χ3v) is 6.41. The van der Waals surface area contributed by atoms with Crippen molar-refractivity contribution in [3.63, 3.8) is 0 Å². The third-order valence-electron chi connectivity index (χ3n) is 4.63. The summed E-state index contributed by atoms with van der Waals surface area (Å²) in [5.41, 5.74) is 0.942. The van der Waals surface area contributed by atoms with Crippen LogP contribution in [0.4, 0.5) is 11.4 Å². The zero-order chi connectivity index (χ0) is 23.2. The number of nitrogens with one attached hydrogen (secondary N) is 3. The first kappa shape index (κ1) is 24.6. The van der Waals surface area contributed by atoms with E-state index in [2.05, 4.69) is 15.4 Å². The standard InChI is InChI=1S/C23H31N3O4S/c1-6-16(7-2)21(27)24-18-10-8-17(9-11-18)22(28)25-19-12-14-20(15-13-19)31(29,30)26-23(3,4)5/h8-16,26H,6-7H2,1-5H3,(H,24,27)(H,25,28). The number of rotatable bonds is 8. The Morgan fingerprint density at radius 1 is 0.839 bits per heavy atom. The van der Waals surface area contributed by atoms with Gasteiger partial charge in [-0.3, -0.25) is 9.59 Å². The van der Waals surface area contributed by atoms with Gasteiger partial charge in [0.1, 0.15) is 0 Å². The van der Waals surface area contributed by atoms with E-state index in [1.165, 1.54) is 12.1 Å². The van der Waals surface area contributed by atoms with Gasteiger partial charge in [0.2, 0.25) is 15.9 Å². The van der Waals surface area contributed by atoms with Crippen LogP contribution < -0.4 is 15.4 Å². The molecule has 0 aliphatic rings. The van der Waals surface area contributed by atoms with Crippen molar-refractivity contribution in [1.29, 1.82) is 0 Å². The molecule has 3 N–H and O–H groups in total. The summed E-state index contributed by atoms with van der Waals surface area (Å²) in [5.74, 6) is -0.396. The van der Waals surface area contributed by atoms with Gasteiger partial charge in [-0.25, -0.2) is 13.1 Å². The molecule has 2 amide bonds. The molecule has 0 aliphatic heterocycles. The highest BCUT2D eigenvalue weighted by atomic mass is 32.2. The van der Waals surface area contributed by atoms with Crippen LogP contribution in [0.25, 0.3) is 0 Å². The van der Waals surface area contributed by atoms with E-state index in [4.69, 9.17) is 0 Å². The van der Waals surface area contributed by atoms with Crippen LogP contribution in [0.5, 0.6) is 0 Å². The molecule has 0 unspecified atom stereocenters. The molecule has 7 nitrogen and oxygen atoms in total. The molecule has 0 fully saturated rings. The molecule has 0 aliphatic carbocycles. The highest BCUT2D eigenvalue weighted by molar-refractivity contribution is 7.89. The molecule has 0 spiro atoms. The maximum Gasteiger partial charge on any atom is 0.255 e. The molecule has 31 heavy (non-hydrogen) atoms. The average molecular weight is 446 g/mol. The number of hydrogen-bond donors (Lipinski definition) is 3. The van der Waals surface area contributed by atoms with Gasteiger partial charge in [-0.2, -0.15) is 0 Å². The van der Waals surface area contributed by atoms with Gasteiger partial charge in [0.05, 0.1) is 4.90 Å². The minimum atomic E-state index is -3.64. The summed E-state index contributed by atoms with van der Waals surface area (Å²) < 4.78 is 27.3. The van der Waals surface area contributed by atoms with Crippen molar-refractivity contribution in [2.24, 2.45) is 5.92 Å². The summed E-state index contributed by atoms with van der Waals surface area (Å²) in [4.78, 5) is 24.8. The van der Waals surface area contributed by atoms with E-state index in [0.29, 0.717) is 16.9 Å². The van der Waals surface area contributed by atoms with Gasteiger partial charge in [0, 0.05) is 28.4 Å². The lowest BCUT2D eigenvalue weighted by atomic mass is 10.0. The summed E-state index contributed by atoms with van der Waals surface area (Å²) in [5, 5.41) is 5.60. The van der Waals surface area contributed by atoms with Crippen molar-refractivity contribution in [2.45, 2.75) is 57.9 Å². The van der Waals surface area contributed by atoms with Crippen molar-refractivity contribution in [3.05, 3.63) is 54.1 Å². The Kier molecular flexibility index (Phi) is 7.97. The van der Waals surface area contributed by atoms with E-state index in [1.807, 2.05) is 13.8 Å². The average Bonchev–Trinajstić information content (AvgIpc) is 2.68. The fraction of sp³-hybridized carbons (Fsp3) is 0.391. The van der Waals surface area contributed by atoms with Crippen LogP contribution in [-0.4, -0.2) is 25.8 Å². The second-order valence-corrected chi connectivity index (χ2v) is 10.1. The molecule has 0 radical (unpaired) electrons. The largest absolute Gasteiger partial charge is 0.326 e. The van der Waals surface area contributed by atoms with Crippen molar-refractivity contribution in [1.82, 2.24) is 4.72 Å². The van der Waals surface area contributed by atoms with E-state index in [1.54, 1.807) is 57.2 Å². The first-order chi connectivity index (χ1) is 14.4. The van der Waals surface area contributed by atoms with Crippen LogP contribution in [0.15, 0.2) is 53.4 Å². The number of anilines is 2. The number of sulfonamides is 1. The van der Waals surface area contributed by atoms with Crippen molar-refractivity contribution in [2.75, 3.05) is 10.6 Å². The molecule has 0 aromatic heterocycles. The second-order valence-electron chi connectivity index (χ2n) is 8.41. The zero-order valence-corrected chi connectivity index (χ0v) is 19.5. The van der Waals surface area contributed by atoms with Gasteiger partial charge >= 0.3 is 0 Å². The van der Waals surface area contributed by atoms with Crippen LogP contribution in [0.3, 0.4) is 0 Å². The molecule has 168 valence electrons. The lowest BCUT2D eigenvalue weighted by Gasteiger charge is -2.20. The van der Waals surface area contributed by atoms with Crippen molar-refractivity contribution < 1.29 is 18.0 Å². The Hall–Kier alpha value is -2.71. The maximum atomic E-state index is 12.5. The van der Waals surface area contributed by atoms with E-state index in [9.17, 15) is 18.0 Å². The highest BCUT2D eigenvalue weighted by Gasteiger charge is 2.22. The quantitative estimate of drug-likeness (QED) is 0.560. The SMILES string of the molecule is CCC(CC)C(=O)Nc1ccc(C(=O)Nc2ccc(S(=O)(=O)NC(C)(C)C)cc2)cc1. The Morgan fingerprint density at radius 3 is 1.81 bits per heavy atom. The number of benzene rings is 2. The molecule has 0 saturated carbocycles. The molecule has 2 rings (SSSR count). The molecule has 0 saturated heterocycles. The van der Waals surface area contributed by atoms with Crippen LogP contribution in [0.2, 0.25) is 0 Å². The van der Waals surface area contributed by atoms with Crippen LogP contribution in [-0.2, 0) is 14.8 Å². The predicted molar refractivity (Wildman–Crippen MR) is 124 cm³/mol. The molecule has 0 atom stereocenters. The number of hydrogen-bond acceptors (Lipinski definition) is 4. The first-order valence-corrected chi connectivity index (χ1v) is 11.8. The van der Waals surface area contributed by atoms with Gasteiger partial charge in [-0.15, -0.1) is 0 Å². The normalized spacial score (nSPS) is 11.9. The fourth-order valence-electron chi connectivity index (χ4n) is 2.99. The Bertz CT molecular complexity index is 1000. The first-order valence-electron chi connectivity index (χ1n) is 10.3. The van der Waals surface area contributed by atoms with Crippen LogP contribution >= 0.6 is 0 Å². The lowest BCUT2D eigenvalue weighted by molar-refractivity contribution is -0.120. The Balaban J connectivity index is 2.03. The Morgan fingerprint density at radius 2 is 1.32 bits per heavy atom. The molecule has 2 aromatic rings. The van der Waals surface area contributed by atoms with E-state index in [0.717, 1.165) is 12.8 Å². The molecule has 0 bridgehead atoms. The van der Waals surface area contributed by atoms with Crippen LogP contribution in [0, 0.1) is 5.92 Å². The molecular weight excluding hydrogens is 414 g/mol. The minimum Gasteiger partial charge on any atom is -0.326 e. The molecule has 0 heterocycles. The minimum absolute atomic E-state index is 0.0295. The van der Waals surface area contributed by atoms with Crippen LogP contribution in [0.1, 0.15) is 57.8 Å². The van der Waals surface area contributed by atoms with Gasteiger partial charge < -0.3 is 10.6 Å². The smallest absolute Gasteiger partial charge is 0.255 e. The molecular formula is C23H31N3O4S. The number of carbonyl (C=O) groups excluding carboxylic acids is 2. The van der Waals surface area contributed by atoms with E-state index >= 15 is 0 Å². The van der Waals surface area contributed by atoms with Gasteiger partial charge in [0.25, 0.3) is 5.91 Å². The van der Waals surface area contributed by atoms with Crippen molar-refractivity contribution >= 4 is 33.2 Å². The summed E-state index contributed by atoms with van der Waals surface area (Å²) in [7, 11) is -3.64. The lowest BCUT2D eigenvalue weighted by Crippen LogP contribution is -2.40. The summed E-state index contributed by atoms with van der Waals surface area (Å²) >= 11 is 0. The topological polar surface area (TPSA) is 104 Å². The zero-order valence-electron chi connectivity index (χ0n) is 18.7. The summed E-state index contributed by atoms with van der Waals surface area (Å²) in [6.45, 7) is 9.25. The monoisotopic (exact) mass is 445 g/mol. The number of amides is 2. The molecule has 2 aromatic carbocycles. The Labute approximate surface area is 184 Å². The highest BCUT2D eigenvalue weighted by Crippen LogP contribution is 2.18. The number of carbonyl (C=O) groups is 2. The van der Waals surface area contributed by atoms with Gasteiger partial charge in [-0.05, 0) is 82.1 Å². The maximum absolute atomic E-state index is 12.5. The van der Waals surface area contributed by atoms with E-state index in [-0.39, 0.29) is 22.6 Å². The van der Waals surface area contributed by atoms with E-state index < -0.39 is 15.6 Å². The second kappa shape index (κ2) is 10.1. The summed E-state index contributed by atoms with van der Waals surface area (Å²) in [6.07, 6.45) is 1.55.